The molecule has 1 saturated heterocycles. The second-order valence-corrected chi connectivity index (χ2v) is 13.8. The molecule has 4 bridgehead atoms. The van der Waals surface area contributed by atoms with Gasteiger partial charge in [0.2, 0.25) is 5.67 Å². The summed E-state index contributed by atoms with van der Waals surface area (Å²) in [7, 11) is 0. The fraction of sp³-hybridized carbons (Fsp3) is 0.870. The first-order valence-electron chi connectivity index (χ1n) is 11.7. The number of carbonyl (C=O) groups excluding carboxylic acids is 3. The van der Waals surface area contributed by atoms with Crippen LogP contribution in [0, 0.1) is 23.2 Å². The van der Waals surface area contributed by atoms with Crippen LogP contribution < -0.4 is 0 Å². The summed E-state index contributed by atoms with van der Waals surface area (Å²) in [6, 6.07) is 0. The van der Waals surface area contributed by atoms with E-state index in [0.717, 1.165) is 19.3 Å². The lowest BCUT2D eigenvalue weighted by molar-refractivity contribution is -0.203. The summed E-state index contributed by atoms with van der Waals surface area (Å²) in [6.45, 7) is 2.96. The molecule has 0 aromatic heterocycles. The van der Waals surface area contributed by atoms with Crippen molar-refractivity contribution >= 4 is 41.4 Å². The highest BCUT2D eigenvalue weighted by Gasteiger charge is 2.66. The van der Waals surface area contributed by atoms with E-state index in [1.807, 2.05) is 0 Å². The van der Waals surface area contributed by atoms with Crippen molar-refractivity contribution in [1.29, 1.82) is 0 Å². The van der Waals surface area contributed by atoms with Gasteiger partial charge in [-0.3, -0.25) is 4.79 Å². The molecule has 1 heterocycles. The van der Waals surface area contributed by atoms with E-state index in [4.69, 9.17) is 9.47 Å². The molecule has 5 fully saturated rings. The third-order valence-electron chi connectivity index (χ3n) is 7.60. The topological polar surface area (TPSA) is 78.9 Å². The van der Waals surface area contributed by atoms with Crippen LogP contribution in [0.4, 0.5) is 17.6 Å². The highest BCUT2D eigenvalue weighted by atomic mass is 32.2. The molecule has 4 saturated carbocycles. The van der Waals surface area contributed by atoms with E-state index >= 15 is 0 Å². The average Bonchev–Trinajstić information content (AvgIpc) is 2.73. The summed E-state index contributed by atoms with van der Waals surface area (Å²) in [6.07, 6.45) is -1.20. The summed E-state index contributed by atoms with van der Waals surface area (Å²) in [5.41, 5.74) is -3.68. The van der Waals surface area contributed by atoms with E-state index in [-0.39, 0.29) is 22.5 Å². The van der Waals surface area contributed by atoms with E-state index in [0.29, 0.717) is 30.3 Å². The lowest BCUT2D eigenvalue weighted by Gasteiger charge is -2.65. The smallest absolute Gasteiger partial charge is 0.465 e. The Hall–Kier alpha value is -1.17. The maximum absolute atomic E-state index is 14.2. The molecule has 198 valence electrons. The second-order valence-electron chi connectivity index (χ2n) is 11.0. The Morgan fingerprint density at radius 1 is 0.886 bits per heavy atom. The predicted molar refractivity (Wildman–Crippen MR) is 121 cm³/mol. The van der Waals surface area contributed by atoms with E-state index in [1.165, 1.54) is 20.8 Å². The van der Waals surface area contributed by atoms with E-state index < -0.39 is 47.4 Å². The van der Waals surface area contributed by atoms with Crippen molar-refractivity contribution in [3.8, 4) is 0 Å². The zero-order valence-corrected chi connectivity index (χ0v) is 21.5. The predicted octanol–water partition coefficient (Wildman–Crippen LogP) is 4.69. The Balaban J connectivity index is 1.48. The number of halogens is 4. The number of esters is 3. The highest BCUT2D eigenvalue weighted by Crippen LogP contribution is 2.70. The second kappa shape index (κ2) is 8.99. The van der Waals surface area contributed by atoms with Gasteiger partial charge in [0.1, 0.15) is 18.8 Å². The lowest BCUT2D eigenvalue weighted by atomic mass is 9.53. The number of carbonyl (C=O) groups is 3. The summed E-state index contributed by atoms with van der Waals surface area (Å²) < 4.78 is 67.6. The van der Waals surface area contributed by atoms with Crippen molar-refractivity contribution in [2.45, 2.75) is 74.4 Å². The molecule has 4 aliphatic carbocycles. The molecular formula is C23H30F4O6S2. The van der Waals surface area contributed by atoms with Gasteiger partial charge in [-0.15, -0.1) is 23.5 Å². The fourth-order valence-corrected chi connectivity index (χ4v) is 10.2. The van der Waals surface area contributed by atoms with Crippen LogP contribution >= 0.6 is 23.5 Å². The lowest BCUT2D eigenvalue weighted by Crippen LogP contribution is -2.64. The fourth-order valence-electron chi connectivity index (χ4n) is 6.15. The van der Waals surface area contributed by atoms with Crippen LogP contribution in [0.2, 0.25) is 0 Å². The van der Waals surface area contributed by atoms with Gasteiger partial charge in [0, 0.05) is 18.4 Å². The van der Waals surface area contributed by atoms with Crippen molar-refractivity contribution in [3.63, 3.8) is 0 Å². The zero-order valence-electron chi connectivity index (χ0n) is 19.9. The molecule has 0 N–H and O–H groups in total. The Bertz CT molecular complexity index is 860. The Morgan fingerprint density at radius 2 is 1.43 bits per heavy atom. The standard InChI is InChI=1S/C23H30F4O6S2/c1-13(28)31-9-20(10-32-18(30)23(25,26)27)11-34-22(35-12-20)15-4-14-5-16(22)8-21(6-14,7-15)33-17(29)19(2,3)24/h14-16H,4-12H2,1-3H3. The number of rotatable bonds is 6. The van der Waals surface area contributed by atoms with Crippen molar-refractivity contribution in [1.82, 2.24) is 0 Å². The van der Waals surface area contributed by atoms with Crippen molar-refractivity contribution in [2.75, 3.05) is 24.7 Å². The first-order chi connectivity index (χ1) is 16.1. The average molecular weight is 543 g/mol. The molecule has 12 heteroatoms. The minimum atomic E-state index is -5.10. The quantitative estimate of drug-likeness (QED) is 0.272. The SMILES string of the molecule is CC(=O)OCC1(COC(=O)C(F)(F)F)CSC2(SC1)C1CC3CC2CC(OC(=O)C(C)(C)F)(C3)C1. The van der Waals surface area contributed by atoms with Gasteiger partial charge in [0.15, 0.2) is 0 Å². The maximum Gasteiger partial charge on any atom is 0.490 e. The highest BCUT2D eigenvalue weighted by molar-refractivity contribution is 8.18. The molecule has 6 nitrogen and oxygen atoms in total. The minimum absolute atomic E-state index is 0.144. The largest absolute Gasteiger partial charge is 0.490 e. The van der Waals surface area contributed by atoms with E-state index in [1.54, 1.807) is 23.5 Å². The molecule has 2 atom stereocenters. The van der Waals surface area contributed by atoms with Crippen LogP contribution in [-0.2, 0) is 28.6 Å². The Morgan fingerprint density at radius 3 is 1.91 bits per heavy atom. The monoisotopic (exact) mass is 542 g/mol. The third-order valence-corrected chi connectivity index (χ3v) is 12.1. The van der Waals surface area contributed by atoms with Crippen LogP contribution in [0.3, 0.4) is 0 Å². The van der Waals surface area contributed by atoms with Crippen molar-refractivity contribution in [3.05, 3.63) is 0 Å². The molecule has 35 heavy (non-hydrogen) atoms. The van der Waals surface area contributed by atoms with Gasteiger partial charge in [-0.1, -0.05) is 0 Å². The number of thioether (sulfide) groups is 2. The molecule has 0 aromatic carbocycles. The number of alkyl halides is 4. The van der Waals surface area contributed by atoms with Crippen molar-refractivity contribution in [2.24, 2.45) is 23.2 Å². The first kappa shape index (κ1) is 26.9. The van der Waals surface area contributed by atoms with Crippen LogP contribution in [0.25, 0.3) is 0 Å². The van der Waals surface area contributed by atoms with Crippen LogP contribution in [0.5, 0.6) is 0 Å². The third kappa shape index (κ3) is 5.29. The van der Waals surface area contributed by atoms with E-state index in [9.17, 15) is 31.9 Å². The molecule has 0 radical (unpaired) electrons. The molecule has 5 aliphatic rings. The Labute approximate surface area is 209 Å². The molecule has 0 aromatic rings. The number of hydrogen-bond donors (Lipinski definition) is 0. The minimum Gasteiger partial charge on any atom is -0.465 e. The van der Waals surface area contributed by atoms with Gasteiger partial charge < -0.3 is 14.2 Å². The first-order valence-corrected chi connectivity index (χ1v) is 13.6. The summed E-state index contributed by atoms with van der Waals surface area (Å²) in [5.74, 6) is -2.16. The van der Waals surface area contributed by atoms with Crippen molar-refractivity contribution < 1.29 is 46.2 Å². The van der Waals surface area contributed by atoms with Crippen LogP contribution in [0.15, 0.2) is 0 Å². The number of ether oxygens (including phenoxy) is 3. The summed E-state index contributed by atoms with van der Waals surface area (Å²) in [4.78, 5) is 35.1. The van der Waals surface area contributed by atoms with Crippen LogP contribution in [0.1, 0.15) is 52.9 Å². The molecule has 2 unspecified atom stereocenters. The van der Waals surface area contributed by atoms with Crippen LogP contribution in [-0.4, -0.2) is 64.2 Å². The Kier molecular flexibility index (Phi) is 6.90. The van der Waals surface area contributed by atoms with Gasteiger partial charge in [-0.25, -0.2) is 14.0 Å². The number of hydrogen-bond acceptors (Lipinski definition) is 8. The van der Waals surface area contributed by atoms with Gasteiger partial charge in [0.05, 0.1) is 9.49 Å². The summed E-state index contributed by atoms with van der Waals surface area (Å²) in [5, 5.41) is 0. The molecule has 0 amide bonds. The molecular weight excluding hydrogens is 512 g/mol. The zero-order chi connectivity index (χ0) is 25.9. The summed E-state index contributed by atoms with van der Waals surface area (Å²) >= 11 is 3.25. The normalized spacial score (nSPS) is 38.3. The molecule has 1 spiro atoms. The molecule has 5 rings (SSSR count). The van der Waals surface area contributed by atoms with Gasteiger partial charge in [-0.05, 0) is 63.7 Å². The molecule has 1 aliphatic heterocycles. The maximum atomic E-state index is 14.2. The van der Waals surface area contributed by atoms with E-state index in [2.05, 4.69) is 4.74 Å². The van der Waals surface area contributed by atoms with Gasteiger partial charge in [0.25, 0.3) is 0 Å². The van der Waals surface area contributed by atoms with Gasteiger partial charge >= 0.3 is 24.1 Å². The van der Waals surface area contributed by atoms with Gasteiger partial charge in [-0.2, -0.15) is 13.2 Å².